The first-order valence-corrected chi connectivity index (χ1v) is 8.93. The van der Waals surface area contributed by atoms with Crippen molar-refractivity contribution in [2.75, 3.05) is 0 Å². The molecule has 114 valence electrons. The first-order chi connectivity index (χ1) is 11.3. The van der Waals surface area contributed by atoms with E-state index in [0.29, 0.717) is 22.6 Å². The number of fused-ring (bicyclic) bond motifs is 1. The van der Waals surface area contributed by atoms with Crippen molar-refractivity contribution in [3.05, 3.63) is 53.0 Å². The number of nitrogens with zero attached hydrogens (tertiary/aromatic N) is 4. The molecule has 0 fully saturated rings. The van der Waals surface area contributed by atoms with Crippen molar-refractivity contribution >= 4 is 44.9 Å². The molecule has 8 heteroatoms. The van der Waals surface area contributed by atoms with Gasteiger partial charge in [-0.2, -0.15) is 0 Å². The van der Waals surface area contributed by atoms with Crippen molar-refractivity contribution in [1.29, 1.82) is 0 Å². The molecular formula is C15H9ClN4OS2. The highest BCUT2D eigenvalue weighted by molar-refractivity contribution is 7.98. The second kappa shape index (κ2) is 6.27. The Bertz CT molecular complexity index is 951. The molecule has 1 aromatic carbocycles. The predicted molar refractivity (Wildman–Crippen MR) is 91.7 cm³/mol. The van der Waals surface area contributed by atoms with Crippen LogP contribution in [0.5, 0.6) is 0 Å². The fraction of sp³-hybridized carbons (Fsp3) is 0.0667. The predicted octanol–water partition coefficient (Wildman–Crippen LogP) is 4.69. The van der Waals surface area contributed by atoms with Crippen molar-refractivity contribution in [3.8, 4) is 11.5 Å². The van der Waals surface area contributed by atoms with Gasteiger partial charge in [-0.05, 0) is 35.7 Å². The summed E-state index contributed by atoms with van der Waals surface area (Å²) in [6.07, 6.45) is 1.57. The number of thiophene rings is 1. The third-order valence-corrected chi connectivity index (χ3v) is 5.37. The Kier molecular flexibility index (Phi) is 3.99. The molecule has 3 heterocycles. The third-order valence-electron chi connectivity index (χ3n) is 3.10. The van der Waals surface area contributed by atoms with Gasteiger partial charge >= 0.3 is 0 Å². The van der Waals surface area contributed by atoms with Gasteiger partial charge < -0.3 is 4.42 Å². The molecule has 0 N–H and O–H groups in total. The largest absolute Gasteiger partial charge is 0.420 e. The lowest BCUT2D eigenvalue weighted by Crippen LogP contribution is -1.85. The van der Waals surface area contributed by atoms with Crippen molar-refractivity contribution in [3.63, 3.8) is 0 Å². The lowest BCUT2D eigenvalue weighted by molar-refractivity contribution is 0.528. The van der Waals surface area contributed by atoms with Gasteiger partial charge in [0.05, 0.1) is 16.0 Å². The van der Waals surface area contributed by atoms with Gasteiger partial charge in [0.25, 0.3) is 0 Å². The second-order valence-corrected chi connectivity index (χ2v) is 6.93. The number of thioether (sulfide) groups is 1. The van der Waals surface area contributed by atoms with Crippen LogP contribution >= 0.6 is 34.7 Å². The Balaban J connectivity index is 1.52. The van der Waals surface area contributed by atoms with Crippen LogP contribution in [0.1, 0.15) is 5.89 Å². The zero-order chi connectivity index (χ0) is 15.6. The van der Waals surface area contributed by atoms with Gasteiger partial charge in [0.2, 0.25) is 11.8 Å². The normalized spacial score (nSPS) is 11.2. The molecule has 0 aliphatic carbocycles. The highest BCUT2D eigenvalue weighted by atomic mass is 35.5. The van der Waals surface area contributed by atoms with E-state index in [4.69, 9.17) is 16.0 Å². The number of benzene rings is 1. The zero-order valence-corrected chi connectivity index (χ0v) is 14.0. The molecular weight excluding hydrogens is 352 g/mol. The first-order valence-electron chi connectivity index (χ1n) is 6.69. The van der Waals surface area contributed by atoms with Crippen LogP contribution in [-0.4, -0.2) is 20.2 Å². The van der Waals surface area contributed by atoms with E-state index in [0.717, 1.165) is 20.8 Å². The van der Waals surface area contributed by atoms with Crippen LogP contribution in [0.15, 0.2) is 51.5 Å². The lowest BCUT2D eigenvalue weighted by atomic mass is 10.2. The van der Waals surface area contributed by atoms with Gasteiger partial charge in [-0.1, -0.05) is 23.4 Å². The Morgan fingerprint density at radius 2 is 1.96 bits per heavy atom. The van der Waals surface area contributed by atoms with E-state index in [2.05, 4.69) is 20.2 Å². The van der Waals surface area contributed by atoms with E-state index in [9.17, 15) is 0 Å². The molecule has 0 saturated heterocycles. The van der Waals surface area contributed by atoms with Crippen LogP contribution < -0.4 is 0 Å². The highest BCUT2D eigenvalue weighted by Gasteiger charge is 2.11. The van der Waals surface area contributed by atoms with E-state index < -0.39 is 0 Å². The maximum atomic E-state index is 5.88. The molecule has 5 nitrogen and oxygen atoms in total. The topological polar surface area (TPSA) is 64.7 Å². The van der Waals surface area contributed by atoms with Crippen molar-refractivity contribution in [2.24, 2.45) is 0 Å². The number of rotatable bonds is 4. The molecule has 0 saturated carbocycles. The van der Waals surface area contributed by atoms with Gasteiger partial charge in [0.1, 0.15) is 11.4 Å². The summed E-state index contributed by atoms with van der Waals surface area (Å²) in [6.45, 7) is 0. The maximum Gasteiger partial charge on any atom is 0.247 e. The van der Waals surface area contributed by atoms with E-state index >= 15 is 0 Å². The Hall–Kier alpha value is -1.96. The van der Waals surface area contributed by atoms with E-state index in [1.165, 1.54) is 0 Å². The van der Waals surface area contributed by atoms with E-state index in [1.807, 2.05) is 23.6 Å². The van der Waals surface area contributed by atoms with Crippen LogP contribution in [0.4, 0.5) is 0 Å². The average molecular weight is 361 g/mol. The van der Waals surface area contributed by atoms with Crippen LogP contribution in [0.25, 0.3) is 21.7 Å². The molecule has 4 aromatic rings. The fourth-order valence-corrected chi connectivity index (χ4v) is 3.93. The summed E-state index contributed by atoms with van der Waals surface area (Å²) in [7, 11) is 0. The quantitative estimate of drug-likeness (QED) is 0.388. The fourth-order valence-electron chi connectivity index (χ4n) is 2.02. The number of hydrogen-bond donors (Lipinski definition) is 0. The molecule has 0 aliphatic heterocycles. The monoisotopic (exact) mass is 360 g/mol. The SMILES string of the molecule is Clc1ccc(-c2nnc(CSc3ncnc4ccsc34)o2)cc1. The van der Waals surface area contributed by atoms with Crippen LogP contribution in [-0.2, 0) is 5.75 Å². The minimum atomic E-state index is 0.487. The molecule has 0 radical (unpaired) electrons. The molecule has 0 unspecified atom stereocenters. The average Bonchev–Trinajstić information content (AvgIpc) is 3.23. The van der Waals surface area contributed by atoms with Crippen molar-refractivity contribution < 1.29 is 4.42 Å². The maximum absolute atomic E-state index is 5.88. The van der Waals surface area contributed by atoms with Crippen molar-refractivity contribution in [2.45, 2.75) is 10.8 Å². The van der Waals surface area contributed by atoms with E-state index in [-0.39, 0.29) is 0 Å². The molecule has 0 bridgehead atoms. The van der Waals surface area contributed by atoms with Gasteiger partial charge in [-0.25, -0.2) is 9.97 Å². The minimum Gasteiger partial charge on any atom is -0.420 e. The molecule has 23 heavy (non-hydrogen) atoms. The van der Waals surface area contributed by atoms with Gasteiger partial charge in [-0.15, -0.1) is 21.5 Å². The van der Waals surface area contributed by atoms with Gasteiger partial charge in [-0.3, -0.25) is 0 Å². The Labute approximate surface area is 144 Å². The van der Waals surface area contributed by atoms with Crippen molar-refractivity contribution in [1.82, 2.24) is 20.2 Å². The minimum absolute atomic E-state index is 0.487. The molecule has 0 atom stereocenters. The van der Waals surface area contributed by atoms with E-state index in [1.54, 1.807) is 41.6 Å². The summed E-state index contributed by atoms with van der Waals surface area (Å²) in [4.78, 5) is 8.56. The highest BCUT2D eigenvalue weighted by Crippen LogP contribution is 2.31. The van der Waals surface area contributed by atoms with Crippen LogP contribution in [0, 0.1) is 0 Å². The smallest absolute Gasteiger partial charge is 0.247 e. The second-order valence-electron chi connectivity index (χ2n) is 4.61. The standard InChI is InChI=1S/C15H9ClN4OS2/c16-10-3-1-9(2-4-10)14-20-19-12(21-14)7-23-15-13-11(5-6-22-13)17-8-18-15/h1-6,8H,7H2. The molecule has 3 aromatic heterocycles. The Morgan fingerprint density at radius 1 is 1.09 bits per heavy atom. The lowest BCUT2D eigenvalue weighted by Gasteiger charge is -1.98. The number of aromatic nitrogens is 4. The van der Waals surface area contributed by atoms with Crippen LogP contribution in [0.3, 0.4) is 0 Å². The zero-order valence-electron chi connectivity index (χ0n) is 11.6. The molecule has 0 amide bonds. The summed E-state index contributed by atoms with van der Waals surface area (Å²) in [5.41, 5.74) is 1.81. The Morgan fingerprint density at radius 3 is 2.83 bits per heavy atom. The molecule has 0 spiro atoms. The molecule has 4 rings (SSSR count). The van der Waals surface area contributed by atoms with Gasteiger partial charge in [0.15, 0.2) is 0 Å². The molecule has 0 aliphatic rings. The summed E-state index contributed by atoms with van der Waals surface area (Å²) in [5, 5.41) is 11.8. The van der Waals surface area contributed by atoms with Gasteiger partial charge in [0, 0.05) is 10.6 Å². The summed E-state index contributed by atoms with van der Waals surface area (Å²) in [6, 6.07) is 9.28. The summed E-state index contributed by atoms with van der Waals surface area (Å²) in [5.74, 6) is 1.61. The van der Waals surface area contributed by atoms with Crippen LogP contribution in [0.2, 0.25) is 5.02 Å². The third kappa shape index (κ3) is 3.08. The first kappa shape index (κ1) is 14.6. The summed E-state index contributed by atoms with van der Waals surface area (Å²) < 4.78 is 6.78. The summed E-state index contributed by atoms with van der Waals surface area (Å²) >= 11 is 9.07. The number of hydrogen-bond acceptors (Lipinski definition) is 7. The number of halogens is 1.